The molecule has 1 aliphatic rings. The Morgan fingerprint density at radius 3 is 2.58 bits per heavy atom. The molecule has 0 radical (unpaired) electrons. The Morgan fingerprint density at radius 2 is 1.81 bits per heavy atom. The number of nitrogens with zero attached hydrogens (tertiary/aromatic N) is 1. The van der Waals surface area contributed by atoms with Crippen LogP contribution in [0.1, 0.15) is 10.5 Å². The molecule has 0 saturated carbocycles. The van der Waals surface area contributed by atoms with Crippen LogP contribution in [0.3, 0.4) is 0 Å². The number of amides is 1. The first-order valence-corrected chi connectivity index (χ1v) is 8.49. The minimum atomic E-state index is -0.458. The molecule has 1 N–H and O–H groups in total. The second-order valence-corrected chi connectivity index (χ2v) is 6.36. The van der Waals surface area contributed by atoms with Crippen LogP contribution in [0.15, 0.2) is 47.0 Å². The van der Waals surface area contributed by atoms with E-state index >= 15 is 0 Å². The molecule has 8 heteroatoms. The Balaban J connectivity index is 1.56. The zero-order valence-electron chi connectivity index (χ0n) is 13.3. The van der Waals surface area contributed by atoms with Gasteiger partial charge in [-0.05, 0) is 12.1 Å². The summed E-state index contributed by atoms with van der Waals surface area (Å²) >= 11 is 12.2. The van der Waals surface area contributed by atoms with E-state index in [1.165, 1.54) is 6.07 Å². The third-order valence-corrected chi connectivity index (χ3v) is 4.28. The Bertz CT molecular complexity index is 987. The number of fused-ring (bicyclic) bond motifs is 1. The number of hydrogen-bond donors (Lipinski definition) is 1. The quantitative estimate of drug-likeness (QED) is 0.702. The molecule has 1 aliphatic heterocycles. The zero-order chi connectivity index (χ0) is 18.1. The fourth-order valence-electron chi connectivity index (χ4n) is 2.51. The summed E-state index contributed by atoms with van der Waals surface area (Å²) in [6.07, 6.45) is 0. The van der Waals surface area contributed by atoms with Crippen LogP contribution < -0.4 is 14.8 Å². The lowest BCUT2D eigenvalue weighted by Crippen LogP contribution is -2.17. The van der Waals surface area contributed by atoms with Crippen LogP contribution in [0.4, 0.5) is 5.69 Å². The monoisotopic (exact) mass is 390 g/mol. The van der Waals surface area contributed by atoms with Gasteiger partial charge in [-0.25, -0.2) is 0 Å². The molecular weight excluding hydrogens is 379 g/mol. The largest absolute Gasteiger partial charge is 0.486 e. The molecule has 1 aromatic heterocycles. The van der Waals surface area contributed by atoms with Crippen molar-refractivity contribution in [2.45, 2.75) is 0 Å². The number of halogens is 2. The van der Waals surface area contributed by atoms with Crippen LogP contribution in [-0.4, -0.2) is 24.3 Å². The van der Waals surface area contributed by atoms with Gasteiger partial charge >= 0.3 is 0 Å². The first-order valence-electron chi connectivity index (χ1n) is 7.73. The predicted octanol–water partition coefficient (Wildman–Crippen LogP) is 4.67. The molecule has 0 spiro atoms. The summed E-state index contributed by atoms with van der Waals surface area (Å²) in [6.45, 7) is 0.897. The Labute approximate surface area is 158 Å². The standard InChI is InChI=1S/C18H12Cl2N2O4/c19-11-3-1-2-10(6-11)15-9-14(22-26-15)18(23)21-13-8-17-16(7-12(13)20)24-4-5-25-17/h1-3,6-9H,4-5H2,(H,21,23). The first kappa shape index (κ1) is 16.8. The highest BCUT2D eigenvalue weighted by atomic mass is 35.5. The Morgan fingerprint density at radius 1 is 1.04 bits per heavy atom. The van der Waals surface area contributed by atoms with Crippen molar-refractivity contribution >= 4 is 34.8 Å². The number of rotatable bonds is 3. The van der Waals surface area contributed by atoms with Crippen LogP contribution in [0, 0.1) is 0 Å². The number of carbonyl (C=O) groups excluding carboxylic acids is 1. The minimum absolute atomic E-state index is 0.117. The van der Waals surface area contributed by atoms with Crippen LogP contribution >= 0.6 is 23.2 Å². The van der Waals surface area contributed by atoms with E-state index in [0.29, 0.717) is 46.2 Å². The molecule has 3 aromatic rings. The molecule has 0 bridgehead atoms. The molecule has 0 fully saturated rings. The minimum Gasteiger partial charge on any atom is -0.486 e. The van der Waals surface area contributed by atoms with Gasteiger partial charge in [-0.1, -0.05) is 40.5 Å². The summed E-state index contributed by atoms with van der Waals surface area (Å²) in [5.74, 6) is 1.05. The Hall–Kier alpha value is -2.70. The van der Waals surface area contributed by atoms with E-state index in [-0.39, 0.29) is 5.69 Å². The van der Waals surface area contributed by atoms with Crippen molar-refractivity contribution in [2.75, 3.05) is 18.5 Å². The van der Waals surface area contributed by atoms with Gasteiger partial charge in [-0.15, -0.1) is 0 Å². The van der Waals surface area contributed by atoms with Crippen molar-refractivity contribution in [3.05, 3.63) is 58.2 Å². The molecule has 0 saturated heterocycles. The molecule has 6 nitrogen and oxygen atoms in total. The van der Waals surface area contributed by atoms with Gasteiger partial charge in [0.15, 0.2) is 23.0 Å². The van der Waals surface area contributed by atoms with Gasteiger partial charge in [0.25, 0.3) is 5.91 Å². The van der Waals surface area contributed by atoms with Crippen LogP contribution in [0.25, 0.3) is 11.3 Å². The molecule has 132 valence electrons. The Kier molecular flexibility index (Phi) is 4.44. The van der Waals surface area contributed by atoms with E-state index in [1.807, 2.05) is 6.07 Å². The maximum absolute atomic E-state index is 12.5. The van der Waals surface area contributed by atoms with E-state index in [1.54, 1.807) is 30.3 Å². The molecule has 2 heterocycles. The average molecular weight is 391 g/mol. The van der Waals surface area contributed by atoms with Gasteiger partial charge in [0, 0.05) is 28.8 Å². The van der Waals surface area contributed by atoms with Crippen molar-refractivity contribution in [1.82, 2.24) is 5.16 Å². The number of benzene rings is 2. The molecular formula is C18H12Cl2N2O4. The molecule has 2 aromatic carbocycles. The van der Waals surface area contributed by atoms with Gasteiger partial charge in [0.2, 0.25) is 0 Å². The topological polar surface area (TPSA) is 73.6 Å². The number of anilines is 1. The van der Waals surface area contributed by atoms with E-state index in [0.717, 1.165) is 5.56 Å². The lowest BCUT2D eigenvalue weighted by atomic mass is 10.1. The number of nitrogens with one attached hydrogen (secondary N) is 1. The van der Waals surface area contributed by atoms with Crippen LogP contribution in [0.2, 0.25) is 10.0 Å². The summed E-state index contributed by atoms with van der Waals surface area (Å²) < 4.78 is 16.2. The van der Waals surface area contributed by atoms with Gasteiger partial charge < -0.3 is 19.3 Å². The lowest BCUT2D eigenvalue weighted by Gasteiger charge is -2.19. The highest BCUT2D eigenvalue weighted by Gasteiger charge is 2.19. The van der Waals surface area contributed by atoms with E-state index in [2.05, 4.69) is 10.5 Å². The predicted molar refractivity (Wildman–Crippen MR) is 97.3 cm³/mol. The fraction of sp³-hybridized carbons (Fsp3) is 0.111. The highest BCUT2D eigenvalue weighted by molar-refractivity contribution is 6.34. The molecule has 4 rings (SSSR count). The number of carbonyl (C=O) groups is 1. The van der Waals surface area contributed by atoms with E-state index < -0.39 is 5.91 Å². The second kappa shape index (κ2) is 6.90. The highest BCUT2D eigenvalue weighted by Crippen LogP contribution is 2.38. The van der Waals surface area contributed by atoms with Crippen LogP contribution in [0.5, 0.6) is 11.5 Å². The smallest absolute Gasteiger partial charge is 0.277 e. The summed E-state index contributed by atoms with van der Waals surface area (Å²) in [4.78, 5) is 12.5. The first-order chi connectivity index (χ1) is 12.6. The maximum atomic E-state index is 12.5. The fourth-order valence-corrected chi connectivity index (χ4v) is 2.90. The van der Waals surface area contributed by atoms with Crippen molar-refractivity contribution in [1.29, 1.82) is 0 Å². The zero-order valence-corrected chi connectivity index (χ0v) is 14.8. The molecule has 1 amide bonds. The third kappa shape index (κ3) is 3.34. The van der Waals surface area contributed by atoms with Gasteiger partial charge in [0.1, 0.15) is 13.2 Å². The van der Waals surface area contributed by atoms with Crippen molar-refractivity contribution in [3.63, 3.8) is 0 Å². The summed E-state index contributed by atoms with van der Waals surface area (Å²) in [6, 6.07) is 11.8. The summed E-state index contributed by atoms with van der Waals surface area (Å²) in [5, 5.41) is 7.40. The molecule has 0 aliphatic carbocycles. The second-order valence-electron chi connectivity index (χ2n) is 5.52. The number of hydrogen-bond acceptors (Lipinski definition) is 5. The third-order valence-electron chi connectivity index (χ3n) is 3.73. The summed E-state index contributed by atoms with van der Waals surface area (Å²) in [7, 11) is 0. The van der Waals surface area contributed by atoms with Gasteiger partial charge in [-0.2, -0.15) is 0 Å². The SMILES string of the molecule is O=C(Nc1cc2c(cc1Cl)OCCO2)c1cc(-c2cccc(Cl)c2)on1. The van der Waals surface area contributed by atoms with E-state index in [9.17, 15) is 4.79 Å². The normalized spacial score (nSPS) is 12.7. The van der Waals surface area contributed by atoms with Gasteiger partial charge in [-0.3, -0.25) is 4.79 Å². The van der Waals surface area contributed by atoms with Crippen molar-refractivity contribution < 1.29 is 18.8 Å². The summed E-state index contributed by atoms with van der Waals surface area (Å²) in [5.41, 5.74) is 1.24. The van der Waals surface area contributed by atoms with Crippen LogP contribution in [-0.2, 0) is 0 Å². The molecule has 0 atom stereocenters. The average Bonchev–Trinajstić information content (AvgIpc) is 3.13. The van der Waals surface area contributed by atoms with Gasteiger partial charge in [0.05, 0.1) is 10.7 Å². The number of ether oxygens (including phenoxy) is 2. The van der Waals surface area contributed by atoms with Crippen molar-refractivity contribution in [3.8, 4) is 22.8 Å². The van der Waals surface area contributed by atoms with Crippen molar-refractivity contribution in [2.24, 2.45) is 0 Å². The molecule has 26 heavy (non-hydrogen) atoms. The molecule has 0 unspecified atom stereocenters. The maximum Gasteiger partial charge on any atom is 0.277 e. The lowest BCUT2D eigenvalue weighted by molar-refractivity contribution is 0.101. The van der Waals surface area contributed by atoms with E-state index in [4.69, 9.17) is 37.2 Å². The number of aromatic nitrogens is 1.